The summed E-state index contributed by atoms with van der Waals surface area (Å²) in [5, 5.41) is 1.16. The zero-order chi connectivity index (χ0) is 9.46. The molecule has 0 saturated carbocycles. The lowest BCUT2D eigenvalue weighted by molar-refractivity contribution is 1.54. The van der Waals surface area contributed by atoms with Gasteiger partial charge in [-0.2, -0.15) is 0 Å². The topological polar surface area (TPSA) is 0 Å². The third-order valence-corrected chi connectivity index (χ3v) is 3.31. The summed E-state index contributed by atoms with van der Waals surface area (Å²) in [7, 11) is 0. The van der Waals surface area contributed by atoms with E-state index >= 15 is 0 Å². The van der Waals surface area contributed by atoms with Gasteiger partial charge in [-0.25, -0.2) is 0 Å². The van der Waals surface area contributed by atoms with E-state index in [0.29, 0.717) is 16.1 Å². The summed E-state index contributed by atoms with van der Waals surface area (Å²) in [6, 6.07) is 0. The van der Waals surface area contributed by atoms with Crippen molar-refractivity contribution in [2.24, 2.45) is 0 Å². The summed E-state index contributed by atoms with van der Waals surface area (Å²) in [4.78, 5) is 0. The lowest BCUT2D eigenvalue weighted by Crippen LogP contribution is -1.86. The molecule has 0 aliphatic carbocycles. The van der Waals surface area contributed by atoms with Crippen molar-refractivity contribution in [1.29, 1.82) is 0 Å². The van der Waals surface area contributed by atoms with Crippen molar-refractivity contribution in [3.05, 3.63) is 45.1 Å². The average Bonchev–Trinajstić information content (AvgIpc) is 2.08. The highest BCUT2D eigenvalue weighted by atomic mass is 35.5. The van der Waals surface area contributed by atoms with E-state index in [4.69, 9.17) is 46.4 Å². The molecule has 0 heterocycles. The van der Waals surface area contributed by atoms with E-state index in [0.717, 1.165) is 0 Å². The van der Waals surface area contributed by atoms with Crippen molar-refractivity contribution >= 4 is 46.4 Å². The summed E-state index contributed by atoms with van der Waals surface area (Å²) in [5.74, 6) is 0. The van der Waals surface area contributed by atoms with Crippen LogP contribution in [-0.2, 0) is 0 Å². The monoisotopic (exact) mass is 240 g/mol. The predicted octanol–water partition coefficient (Wildman–Crippen LogP) is 4.66. The summed E-state index contributed by atoms with van der Waals surface area (Å²) in [6.45, 7) is 7.27. The largest absolute Gasteiger partial charge is 0.0836 e. The highest BCUT2D eigenvalue weighted by Gasteiger charge is 2.14. The highest BCUT2D eigenvalue weighted by molar-refractivity contribution is 6.50. The average molecular weight is 242 g/mol. The Morgan fingerprint density at radius 2 is 0.917 bits per heavy atom. The zero-order valence-corrected chi connectivity index (χ0v) is 8.95. The molecule has 0 aromatic heterocycles. The van der Waals surface area contributed by atoms with Crippen LogP contribution in [0.4, 0.5) is 0 Å². The summed E-state index contributed by atoms with van der Waals surface area (Å²) < 4.78 is 0. The van der Waals surface area contributed by atoms with Crippen molar-refractivity contribution < 1.29 is 0 Å². The number of benzene rings is 1. The molecule has 64 valence electrons. The molecule has 0 atom stereocenters. The van der Waals surface area contributed by atoms with E-state index in [-0.39, 0.29) is 15.1 Å². The number of hydrogen-bond acceptors (Lipinski definition) is 0. The Labute approximate surface area is 91.4 Å². The van der Waals surface area contributed by atoms with E-state index in [1.807, 2.05) is 0 Å². The lowest BCUT2D eigenvalue weighted by atomic mass is 10.1. The molecule has 4 heteroatoms. The smallest absolute Gasteiger partial charge is 0.0785 e. The molecule has 0 saturated heterocycles. The van der Waals surface area contributed by atoms with E-state index in [2.05, 4.69) is 13.8 Å². The van der Waals surface area contributed by atoms with Crippen molar-refractivity contribution in [3.8, 4) is 0 Å². The highest BCUT2D eigenvalue weighted by Crippen LogP contribution is 2.39. The minimum Gasteiger partial charge on any atom is -0.0836 e. The maximum atomic E-state index is 5.81. The molecule has 1 aromatic carbocycles. The van der Waals surface area contributed by atoms with Gasteiger partial charge in [-0.15, -0.1) is 0 Å². The molecule has 0 aliphatic heterocycles. The first-order valence-corrected chi connectivity index (χ1v) is 4.47. The molecule has 12 heavy (non-hydrogen) atoms. The van der Waals surface area contributed by atoms with Crippen LogP contribution in [0.2, 0.25) is 20.1 Å². The first-order chi connectivity index (χ1) is 5.46. The SMILES string of the molecule is [CH2]c1c(Cl)c([CH2])c(Cl)c(Cl)c1Cl. The minimum atomic E-state index is 0.248. The molecule has 0 unspecified atom stereocenters. The molecule has 0 fully saturated rings. The predicted molar refractivity (Wildman–Crippen MR) is 55.4 cm³/mol. The second kappa shape index (κ2) is 3.63. The van der Waals surface area contributed by atoms with Crippen molar-refractivity contribution in [2.45, 2.75) is 0 Å². The molecular weight excluding hydrogens is 238 g/mol. The van der Waals surface area contributed by atoms with Crippen LogP contribution >= 0.6 is 46.4 Å². The van der Waals surface area contributed by atoms with Gasteiger partial charge in [0.25, 0.3) is 0 Å². The summed E-state index contributed by atoms with van der Waals surface area (Å²) >= 11 is 23.1. The van der Waals surface area contributed by atoms with E-state index in [1.54, 1.807) is 0 Å². The fraction of sp³-hybridized carbons (Fsp3) is 0. The third-order valence-electron chi connectivity index (χ3n) is 1.45. The Balaban J connectivity index is 3.60. The van der Waals surface area contributed by atoms with Gasteiger partial charge < -0.3 is 0 Å². The number of hydrogen-bond donors (Lipinski definition) is 0. The first kappa shape index (κ1) is 10.5. The van der Waals surface area contributed by atoms with Gasteiger partial charge >= 0.3 is 0 Å². The molecule has 0 nitrogen and oxygen atoms in total. The van der Waals surface area contributed by atoms with Gasteiger partial charge in [-0.3, -0.25) is 0 Å². The Bertz CT molecular complexity index is 225. The second-order valence-corrected chi connectivity index (χ2v) is 3.72. The Hall–Kier alpha value is 0.380. The van der Waals surface area contributed by atoms with E-state index < -0.39 is 0 Å². The normalized spacial score (nSPS) is 10.5. The third kappa shape index (κ3) is 1.54. The van der Waals surface area contributed by atoms with Gasteiger partial charge in [0.1, 0.15) is 0 Å². The molecule has 0 amide bonds. The van der Waals surface area contributed by atoms with Crippen LogP contribution in [0.15, 0.2) is 0 Å². The molecule has 0 aliphatic rings. The zero-order valence-electron chi connectivity index (χ0n) is 5.93. The quantitative estimate of drug-likeness (QED) is 0.458. The molecule has 1 aromatic rings. The first-order valence-electron chi connectivity index (χ1n) is 2.96. The molecule has 0 spiro atoms. The van der Waals surface area contributed by atoms with Crippen molar-refractivity contribution in [3.63, 3.8) is 0 Å². The molecular formula is C8H4Cl4. The van der Waals surface area contributed by atoms with E-state index in [9.17, 15) is 0 Å². The van der Waals surface area contributed by atoms with E-state index in [1.165, 1.54) is 0 Å². The Morgan fingerprint density at radius 3 is 1.25 bits per heavy atom. The molecule has 2 radical (unpaired) electrons. The molecule has 0 bridgehead atoms. The van der Waals surface area contributed by atoms with Crippen molar-refractivity contribution in [2.75, 3.05) is 0 Å². The van der Waals surface area contributed by atoms with Crippen LogP contribution in [0.25, 0.3) is 0 Å². The minimum absolute atomic E-state index is 0.248. The van der Waals surface area contributed by atoms with Crippen LogP contribution < -0.4 is 0 Å². The van der Waals surface area contributed by atoms with Crippen LogP contribution in [0.3, 0.4) is 0 Å². The van der Waals surface area contributed by atoms with Gasteiger partial charge in [0.15, 0.2) is 0 Å². The summed E-state index contributed by atoms with van der Waals surface area (Å²) in [5.41, 5.74) is 0.912. The number of halogens is 4. The van der Waals surface area contributed by atoms with Gasteiger partial charge in [0.2, 0.25) is 0 Å². The Kier molecular flexibility index (Phi) is 3.16. The van der Waals surface area contributed by atoms with Crippen LogP contribution in [0, 0.1) is 13.8 Å². The Morgan fingerprint density at radius 1 is 0.583 bits per heavy atom. The maximum absolute atomic E-state index is 5.81. The van der Waals surface area contributed by atoms with Crippen LogP contribution in [0.5, 0.6) is 0 Å². The maximum Gasteiger partial charge on any atom is 0.0785 e. The molecule has 1 rings (SSSR count). The van der Waals surface area contributed by atoms with Gasteiger partial charge in [0, 0.05) is 0 Å². The molecule has 0 N–H and O–H groups in total. The van der Waals surface area contributed by atoms with Gasteiger partial charge in [-0.05, 0) is 25.0 Å². The van der Waals surface area contributed by atoms with Gasteiger partial charge in [-0.1, -0.05) is 46.4 Å². The second-order valence-electron chi connectivity index (χ2n) is 2.21. The standard InChI is InChI=1S/C8H4Cl4/c1-3-5(9)4(2)7(11)8(12)6(3)10/h1-2H2. The van der Waals surface area contributed by atoms with Crippen molar-refractivity contribution in [1.82, 2.24) is 0 Å². The number of rotatable bonds is 0. The fourth-order valence-corrected chi connectivity index (χ4v) is 1.68. The van der Waals surface area contributed by atoms with Gasteiger partial charge in [0.05, 0.1) is 20.1 Å². The van der Waals surface area contributed by atoms with Crippen LogP contribution in [0.1, 0.15) is 11.1 Å². The lowest BCUT2D eigenvalue weighted by Gasteiger charge is -2.09. The fourth-order valence-electron chi connectivity index (χ4n) is 0.736. The summed E-state index contributed by atoms with van der Waals surface area (Å²) in [6.07, 6.45) is 0. The van der Waals surface area contributed by atoms with Crippen LogP contribution in [-0.4, -0.2) is 0 Å².